The van der Waals surface area contributed by atoms with Gasteiger partial charge in [-0.15, -0.1) is 0 Å². The predicted octanol–water partition coefficient (Wildman–Crippen LogP) is 3.21. The highest BCUT2D eigenvalue weighted by molar-refractivity contribution is 5.91. The molecule has 24 heavy (non-hydrogen) atoms. The van der Waals surface area contributed by atoms with Crippen molar-refractivity contribution in [1.29, 1.82) is 0 Å². The summed E-state index contributed by atoms with van der Waals surface area (Å²) < 4.78 is 11.0. The number of fused-ring (bicyclic) bond motifs is 1. The molecule has 0 spiro atoms. The number of hydrogen-bond donors (Lipinski definition) is 1. The number of benzene rings is 1. The van der Waals surface area contributed by atoms with Crippen LogP contribution in [0.2, 0.25) is 0 Å². The summed E-state index contributed by atoms with van der Waals surface area (Å²) in [5.74, 6) is 1.22. The summed E-state index contributed by atoms with van der Waals surface area (Å²) in [5, 5.41) is 2.90. The summed E-state index contributed by atoms with van der Waals surface area (Å²) in [6.45, 7) is 4.83. The van der Waals surface area contributed by atoms with E-state index in [0.29, 0.717) is 24.7 Å². The number of aromatic nitrogens is 1. The molecular formula is C18H21N3O3. The van der Waals surface area contributed by atoms with Crippen LogP contribution in [0.15, 0.2) is 36.5 Å². The number of aryl methyl sites for hydroxylation is 1. The fourth-order valence-electron chi connectivity index (χ4n) is 2.68. The number of hydrogen-bond acceptors (Lipinski definition) is 4. The lowest BCUT2D eigenvalue weighted by atomic mass is 10.2. The van der Waals surface area contributed by atoms with Gasteiger partial charge in [-0.1, -0.05) is 18.2 Å². The van der Waals surface area contributed by atoms with Gasteiger partial charge >= 0.3 is 6.03 Å². The van der Waals surface area contributed by atoms with Crippen LogP contribution >= 0.6 is 0 Å². The third-order valence-corrected chi connectivity index (χ3v) is 4.01. The van der Waals surface area contributed by atoms with E-state index in [1.54, 1.807) is 11.1 Å². The molecule has 3 rings (SSSR count). The molecule has 0 radical (unpaired) electrons. The SMILES string of the molecule is COc1ncc(C)cc1NC(=O)N1Cc2ccccc2OCC1C. The van der Waals surface area contributed by atoms with Crippen LogP contribution in [0, 0.1) is 6.92 Å². The Labute approximate surface area is 141 Å². The minimum Gasteiger partial charge on any atom is -0.491 e. The van der Waals surface area contributed by atoms with E-state index in [0.717, 1.165) is 16.9 Å². The molecule has 2 aromatic rings. The second kappa shape index (κ2) is 6.78. The van der Waals surface area contributed by atoms with Crippen LogP contribution < -0.4 is 14.8 Å². The minimum atomic E-state index is -0.200. The summed E-state index contributed by atoms with van der Waals surface area (Å²) in [6, 6.07) is 9.37. The van der Waals surface area contributed by atoms with Gasteiger partial charge in [-0.05, 0) is 31.5 Å². The number of urea groups is 1. The van der Waals surface area contributed by atoms with E-state index < -0.39 is 0 Å². The fourth-order valence-corrected chi connectivity index (χ4v) is 2.68. The molecule has 6 nitrogen and oxygen atoms in total. The van der Waals surface area contributed by atoms with Crippen molar-refractivity contribution < 1.29 is 14.3 Å². The molecule has 1 aromatic heterocycles. The van der Waals surface area contributed by atoms with Crippen molar-refractivity contribution in [2.75, 3.05) is 19.0 Å². The Morgan fingerprint density at radius 3 is 3.00 bits per heavy atom. The number of carbonyl (C=O) groups is 1. The van der Waals surface area contributed by atoms with Crippen LogP contribution in [0.1, 0.15) is 18.1 Å². The van der Waals surface area contributed by atoms with Crippen molar-refractivity contribution in [3.63, 3.8) is 0 Å². The first kappa shape index (κ1) is 16.1. The lowest BCUT2D eigenvalue weighted by Crippen LogP contribution is -2.42. The number of carbonyl (C=O) groups excluding carboxylic acids is 1. The van der Waals surface area contributed by atoms with Gasteiger partial charge in [0.2, 0.25) is 5.88 Å². The molecule has 126 valence electrons. The first-order chi connectivity index (χ1) is 11.6. The third-order valence-electron chi connectivity index (χ3n) is 4.01. The van der Waals surface area contributed by atoms with Gasteiger partial charge in [0.15, 0.2) is 0 Å². The van der Waals surface area contributed by atoms with Crippen molar-refractivity contribution in [2.24, 2.45) is 0 Å². The highest BCUT2D eigenvalue weighted by Crippen LogP contribution is 2.27. The van der Waals surface area contributed by atoms with Crippen LogP contribution in [0.5, 0.6) is 11.6 Å². The fraction of sp³-hybridized carbons (Fsp3) is 0.333. The Morgan fingerprint density at radius 2 is 2.21 bits per heavy atom. The number of nitrogens with zero attached hydrogens (tertiary/aromatic N) is 2. The summed E-state index contributed by atoms with van der Waals surface area (Å²) in [6.07, 6.45) is 1.70. The molecular weight excluding hydrogens is 306 g/mol. The molecule has 2 amide bonds. The van der Waals surface area contributed by atoms with E-state index in [1.807, 2.05) is 44.2 Å². The van der Waals surface area contributed by atoms with Gasteiger partial charge in [0.1, 0.15) is 18.0 Å². The van der Waals surface area contributed by atoms with Crippen LogP contribution in [0.4, 0.5) is 10.5 Å². The highest BCUT2D eigenvalue weighted by Gasteiger charge is 2.26. The monoisotopic (exact) mass is 327 g/mol. The zero-order valence-corrected chi connectivity index (χ0v) is 14.1. The molecule has 0 aliphatic carbocycles. The molecule has 2 heterocycles. The molecule has 1 aliphatic rings. The molecule has 1 N–H and O–H groups in total. The Kier molecular flexibility index (Phi) is 4.55. The quantitative estimate of drug-likeness (QED) is 0.920. The van der Waals surface area contributed by atoms with Crippen LogP contribution in [-0.4, -0.2) is 35.7 Å². The molecule has 1 atom stereocenters. The second-order valence-corrected chi connectivity index (χ2v) is 5.90. The van der Waals surface area contributed by atoms with E-state index in [1.165, 1.54) is 7.11 Å². The second-order valence-electron chi connectivity index (χ2n) is 5.90. The zero-order chi connectivity index (χ0) is 17.1. The maximum absolute atomic E-state index is 12.8. The Balaban J connectivity index is 1.83. The number of anilines is 1. The zero-order valence-electron chi connectivity index (χ0n) is 14.1. The molecule has 1 unspecified atom stereocenters. The average Bonchev–Trinajstić information content (AvgIpc) is 2.74. The first-order valence-corrected chi connectivity index (χ1v) is 7.87. The predicted molar refractivity (Wildman–Crippen MR) is 91.5 cm³/mol. The third kappa shape index (κ3) is 3.27. The molecule has 0 bridgehead atoms. The maximum atomic E-state index is 12.8. The topological polar surface area (TPSA) is 63.7 Å². The summed E-state index contributed by atoms with van der Waals surface area (Å²) in [5.41, 5.74) is 2.50. The molecule has 0 fully saturated rings. The van der Waals surface area contributed by atoms with Crippen LogP contribution in [0.25, 0.3) is 0 Å². The average molecular weight is 327 g/mol. The Morgan fingerprint density at radius 1 is 1.42 bits per heavy atom. The smallest absolute Gasteiger partial charge is 0.322 e. The van der Waals surface area contributed by atoms with Crippen molar-refractivity contribution in [2.45, 2.75) is 26.4 Å². The molecule has 1 aliphatic heterocycles. The van der Waals surface area contributed by atoms with Crippen molar-refractivity contribution in [1.82, 2.24) is 9.88 Å². The largest absolute Gasteiger partial charge is 0.491 e. The van der Waals surface area contributed by atoms with Gasteiger partial charge in [0.05, 0.1) is 19.7 Å². The van der Waals surface area contributed by atoms with Crippen molar-refractivity contribution >= 4 is 11.7 Å². The highest BCUT2D eigenvalue weighted by atomic mass is 16.5. The van der Waals surface area contributed by atoms with Crippen LogP contribution in [0.3, 0.4) is 0 Å². The molecule has 6 heteroatoms. The van der Waals surface area contributed by atoms with E-state index in [4.69, 9.17) is 9.47 Å². The minimum absolute atomic E-state index is 0.0545. The maximum Gasteiger partial charge on any atom is 0.322 e. The number of ether oxygens (including phenoxy) is 2. The van der Waals surface area contributed by atoms with E-state index >= 15 is 0 Å². The van der Waals surface area contributed by atoms with Crippen molar-refractivity contribution in [3.8, 4) is 11.6 Å². The van der Waals surface area contributed by atoms with Crippen molar-refractivity contribution in [3.05, 3.63) is 47.7 Å². The number of para-hydroxylation sites is 1. The first-order valence-electron chi connectivity index (χ1n) is 7.87. The van der Waals surface area contributed by atoms with Gasteiger partial charge in [-0.3, -0.25) is 0 Å². The standard InChI is InChI=1S/C18H21N3O3/c1-12-8-15(17(23-3)19-9-12)20-18(22)21-10-14-6-4-5-7-16(14)24-11-13(21)2/h4-9,13H,10-11H2,1-3H3,(H,20,22). The number of methoxy groups -OCH3 is 1. The lowest BCUT2D eigenvalue weighted by molar-refractivity contribution is 0.167. The Hall–Kier alpha value is -2.76. The molecule has 0 saturated carbocycles. The van der Waals surface area contributed by atoms with E-state index in [2.05, 4.69) is 10.3 Å². The molecule has 0 saturated heterocycles. The van der Waals surface area contributed by atoms with E-state index in [-0.39, 0.29) is 12.1 Å². The van der Waals surface area contributed by atoms with Gasteiger partial charge in [0, 0.05) is 11.8 Å². The number of pyridine rings is 1. The normalized spacial score (nSPS) is 16.6. The summed E-state index contributed by atoms with van der Waals surface area (Å²) in [4.78, 5) is 18.7. The van der Waals surface area contributed by atoms with Gasteiger partial charge < -0.3 is 19.7 Å². The Bertz CT molecular complexity index is 748. The number of nitrogens with one attached hydrogen (secondary N) is 1. The molecule has 1 aromatic carbocycles. The van der Waals surface area contributed by atoms with Gasteiger partial charge in [-0.2, -0.15) is 0 Å². The van der Waals surface area contributed by atoms with E-state index in [9.17, 15) is 4.79 Å². The van der Waals surface area contributed by atoms with Gasteiger partial charge in [0.25, 0.3) is 0 Å². The van der Waals surface area contributed by atoms with Crippen LogP contribution in [-0.2, 0) is 6.54 Å². The van der Waals surface area contributed by atoms with Gasteiger partial charge in [-0.25, -0.2) is 9.78 Å². The number of amides is 2. The summed E-state index contributed by atoms with van der Waals surface area (Å²) in [7, 11) is 1.53. The number of rotatable bonds is 2. The summed E-state index contributed by atoms with van der Waals surface area (Å²) >= 11 is 0. The lowest BCUT2D eigenvalue weighted by Gasteiger charge is -2.26.